The van der Waals surface area contributed by atoms with Crippen LogP contribution in [0, 0.1) is 25.2 Å². The van der Waals surface area contributed by atoms with Crippen LogP contribution in [0.4, 0.5) is 14.6 Å². The van der Waals surface area contributed by atoms with Gasteiger partial charge in [0.25, 0.3) is 6.43 Å². The van der Waals surface area contributed by atoms with E-state index < -0.39 is 13.0 Å². The summed E-state index contributed by atoms with van der Waals surface area (Å²) in [5.41, 5.74) is 7.16. The first-order valence-electron chi connectivity index (χ1n) is 4.12. The Morgan fingerprint density at radius 1 is 1.50 bits per heavy atom. The molecule has 0 aromatic carbocycles. The molecule has 0 spiro atoms. The molecule has 2 N–H and O–H groups in total. The van der Waals surface area contributed by atoms with Gasteiger partial charge in [0.1, 0.15) is 11.9 Å². The third-order valence-corrected chi connectivity index (χ3v) is 2.30. The quantitative estimate of drug-likeness (QED) is 0.789. The Hall–Kier alpha value is -1.57. The molecule has 1 rings (SSSR count). The SMILES string of the molecule is Cc1c(C#N)c(N)n(CC(F)F)c1C. The molecule has 0 saturated heterocycles. The second-order valence-corrected chi connectivity index (χ2v) is 3.08. The van der Waals surface area contributed by atoms with Crippen molar-refractivity contribution in [3.63, 3.8) is 0 Å². The minimum absolute atomic E-state index is 0.128. The van der Waals surface area contributed by atoms with Gasteiger partial charge in [-0.05, 0) is 19.4 Å². The summed E-state index contributed by atoms with van der Waals surface area (Å²) in [5, 5.41) is 8.74. The number of alkyl halides is 2. The highest BCUT2D eigenvalue weighted by molar-refractivity contribution is 5.57. The number of nitrogen functional groups attached to an aromatic ring is 1. The van der Waals surface area contributed by atoms with E-state index in [1.165, 1.54) is 4.57 Å². The fourth-order valence-electron chi connectivity index (χ4n) is 1.41. The van der Waals surface area contributed by atoms with E-state index in [0.717, 1.165) is 0 Å². The van der Waals surface area contributed by atoms with Crippen molar-refractivity contribution in [1.82, 2.24) is 4.57 Å². The standard InChI is InChI=1S/C9H11F2N3/c1-5-6(2)14(4-8(10)11)9(13)7(5)3-12/h8H,4,13H2,1-2H3. The van der Waals surface area contributed by atoms with Crippen LogP contribution in [-0.4, -0.2) is 11.0 Å². The Morgan fingerprint density at radius 3 is 2.43 bits per heavy atom. The van der Waals surface area contributed by atoms with Crippen molar-refractivity contribution in [3.8, 4) is 6.07 Å². The topological polar surface area (TPSA) is 54.7 Å². The zero-order chi connectivity index (χ0) is 10.9. The van der Waals surface area contributed by atoms with Gasteiger partial charge in [-0.25, -0.2) is 8.78 Å². The lowest BCUT2D eigenvalue weighted by Crippen LogP contribution is -2.11. The van der Waals surface area contributed by atoms with Gasteiger partial charge in [-0.15, -0.1) is 0 Å². The number of anilines is 1. The molecule has 1 aromatic rings. The van der Waals surface area contributed by atoms with Crippen molar-refractivity contribution in [1.29, 1.82) is 5.26 Å². The first-order valence-corrected chi connectivity index (χ1v) is 4.12. The Kier molecular flexibility index (Phi) is 2.75. The summed E-state index contributed by atoms with van der Waals surface area (Å²) in [6.07, 6.45) is -2.46. The lowest BCUT2D eigenvalue weighted by molar-refractivity contribution is 0.126. The molecule has 0 unspecified atom stereocenters. The zero-order valence-electron chi connectivity index (χ0n) is 8.01. The van der Waals surface area contributed by atoms with E-state index >= 15 is 0 Å². The van der Waals surface area contributed by atoms with Crippen LogP contribution in [0.3, 0.4) is 0 Å². The molecular weight excluding hydrogens is 188 g/mol. The van der Waals surface area contributed by atoms with Crippen molar-refractivity contribution in [3.05, 3.63) is 16.8 Å². The Morgan fingerprint density at radius 2 is 2.07 bits per heavy atom. The molecule has 14 heavy (non-hydrogen) atoms. The largest absolute Gasteiger partial charge is 0.384 e. The van der Waals surface area contributed by atoms with Crippen LogP contribution in [0.2, 0.25) is 0 Å². The number of nitrogens with zero attached hydrogens (tertiary/aromatic N) is 2. The Balaban J connectivity index is 3.25. The molecule has 0 aliphatic heterocycles. The Bertz CT molecular complexity index is 388. The predicted molar refractivity (Wildman–Crippen MR) is 49.0 cm³/mol. The summed E-state index contributed by atoms with van der Waals surface area (Å²) >= 11 is 0. The highest BCUT2D eigenvalue weighted by Crippen LogP contribution is 2.24. The van der Waals surface area contributed by atoms with Gasteiger partial charge in [0, 0.05) is 5.69 Å². The summed E-state index contributed by atoms with van der Waals surface area (Å²) in [6, 6.07) is 1.91. The molecule has 1 aromatic heterocycles. The van der Waals surface area contributed by atoms with Crippen LogP contribution < -0.4 is 5.73 Å². The van der Waals surface area contributed by atoms with Crippen LogP contribution in [-0.2, 0) is 6.54 Å². The van der Waals surface area contributed by atoms with Crippen molar-refractivity contribution >= 4 is 5.82 Å². The molecule has 0 aliphatic rings. The molecular formula is C9H11F2N3. The molecule has 1 heterocycles. The van der Waals surface area contributed by atoms with Crippen molar-refractivity contribution in [2.75, 3.05) is 5.73 Å². The fourth-order valence-corrected chi connectivity index (χ4v) is 1.41. The second kappa shape index (κ2) is 3.66. The number of aromatic nitrogens is 1. The highest BCUT2D eigenvalue weighted by atomic mass is 19.3. The normalized spacial score (nSPS) is 10.6. The first-order chi connectivity index (χ1) is 6.49. The van der Waals surface area contributed by atoms with E-state index in [4.69, 9.17) is 11.0 Å². The van der Waals surface area contributed by atoms with Crippen molar-refractivity contribution in [2.45, 2.75) is 26.8 Å². The maximum absolute atomic E-state index is 12.2. The van der Waals surface area contributed by atoms with Crippen LogP contribution in [0.1, 0.15) is 16.8 Å². The molecule has 0 bridgehead atoms. The minimum Gasteiger partial charge on any atom is -0.384 e. The molecule has 0 atom stereocenters. The molecule has 0 saturated carbocycles. The average Bonchev–Trinajstić information content (AvgIpc) is 2.30. The monoisotopic (exact) mass is 199 g/mol. The maximum atomic E-state index is 12.2. The van der Waals surface area contributed by atoms with Crippen molar-refractivity contribution in [2.24, 2.45) is 0 Å². The lowest BCUT2D eigenvalue weighted by atomic mass is 10.2. The van der Waals surface area contributed by atoms with Crippen LogP contribution >= 0.6 is 0 Å². The molecule has 0 fully saturated rings. The van der Waals surface area contributed by atoms with Gasteiger partial charge in [0.15, 0.2) is 0 Å². The molecule has 0 radical (unpaired) electrons. The summed E-state index contributed by atoms with van der Waals surface area (Å²) in [5.74, 6) is 0.128. The maximum Gasteiger partial charge on any atom is 0.256 e. The molecule has 76 valence electrons. The van der Waals surface area contributed by atoms with E-state index in [9.17, 15) is 8.78 Å². The fraction of sp³-hybridized carbons (Fsp3) is 0.444. The van der Waals surface area contributed by atoms with E-state index in [-0.39, 0.29) is 5.82 Å². The number of halogens is 2. The highest BCUT2D eigenvalue weighted by Gasteiger charge is 2.17. The van der Waals surface area contributed by atoms with Crippen LogP contribution in [0.25, 0.3) is 0 Å². The van der Waals surface area contributed by atoms with Crippen LogP contribution in [0.15, 0.2) is 0 Å². The van der Waals surface area contributed by atoms with Gasteiger partial charge >= 0.3 is 0 Å². The van der Waals surface area contributed by atoms with Gasteiger partial charge in [-0.3, -0.25) is 0 Å². The summed E-state index contributed by atoms with van der Waals surface area (Å²) in [6.45, 7) is 2.92. The lowest BCUT2D eigenvalue weighted by Gasteiger charge is -2.07. The first kappa shape index (κ1) is 10.5. The molecule has 0 aliphatic carbocycles. The number of nitrogens with two attached hydrogens (primary N) is 1. The number of hydrogen-bond donors (Lipinski definition) is 1. The summed E-state index contributed by atoms with van der Waals surface area (Å²) in [7, 11) is 0. The zero-order valence-corrected chi connectivity index (χ0v) is 8.01. The van der Waals surface area contributed by atoms with Crippen molar-refractivity contribution < 1.29 is 8.78 Å². The number of hydrogen-bond acceptors (Lipinski definition) is 2. The molecule has 0 amide bonds. The average molecular weight is 199 g/mol. The molecule has 3 nitrogen and oxygen atoms in total. The molecule has 5 heteroatoms. The van der Waals surface area contributed by atoms with Crippen LogP contribution in [0.5, 0.6) is 0 Å². The van der Waals surface area contributed by atoms with E-state index in [2.05, 4.69) is 0 Å². The summed E-state index contributed by atoms with van der Waals surface area (Å²) in [4.78, 5) is 0. The van der Waals surface area contributed by atoms with Gasteiger partial charge in [-0.2, -0.15) is 5.26 Å². The van der Waals surface area contributed by atoms with Gasteiger partial charge in [0.2, 0.25) is 0 Å². The van der Waals surface area contributed by atoms with E-state index in [0.29, 0.717) is 16.8 Å². The Labute approximate surface area is 80.7 Å². The number of nitriles is 1. The summed E-state index contributed by atoms with van der Waals surface area (Å²) < 4.78 is 25.6. The van der Waals surface area contributed by atoms with E-state index in [1.807, 2.05) is 6.07 Å². The number of rotatable bonds is 2. The van der Waals surface area contributed by atoms with Gasteiger partial charge in [-0.1, -0.05) is 0 Å². The van der Waals surface area contributed by atoms with Gasteiger partial charge < -0.3 is 10.3 Å². The second-order valence-electron chi connectivity index (χ2n) is 3.08. The smallest absolute Gasteiger partial charge is 0.256 e. The third-order valence-electron chi connectivity index (χ3n) is 2.30. The predicted octanol–water partition coefficient (Wildman–Crippen LogP) is 1.82. The minimum atomic E-state index is -2.46. The van der Waals surface area contributed by atoms with E-state index in [1.54, 1.807) is 13.8 Å². The third kappa shape index (κ3) is 1.55. The van der Waals surface area contributed by atoms with Gasteiger partial charge in [0.05, 0.1) is 12.1 Å².